The van der Waals surface area contributed by atoms with Crippen LogP contribution in [0.15, 0.2) is 0 Å². The van der Waals surface area contributed by atoms with E-state index in [2.05, 4.69) is 26.1 Å². The van der Waals surface area contributed by atoms with Crippen LogP contribution in [-0.4, -0.2) is 18.5 Å². The molecule has 0 saturated heterocycles. The second-order valence-electron chi connectivity index (χ2n) is 5.38. The lowest BCUT2D eigenvalue weighted by Crippen LogP contribution is -2.32. The lowest BCUT2D eigenvalue weighted by atomic mass is 9.94. The zero-order valence-corrected chi connectivity index (χ0v) is 12.5. The van der Waals surface area contributed by atoms with Crippen LogP contribution in [0.5, 0.6) is 0 Å². The highest BCUT2D eigenvalue weighted by Gasteiger charge is 2.11. The minimum Gasteiger partial charge on any atom is -0.354 e. The quantitative estimate of drug-likeness (QED) is 0.596. The van der Waals surface area contributed by atoms with Crippen molar-refractivity contribution in [2.75, 3.05) is 6.54 Å². The fourth-order valence-electron chi connectivity index (χ4n) is 2.34. The highest BCUT2D eigenvalue weighted by Crippen LogP contribution is 2.16. The number of hydrogen-bond donors (Lipinski definition) is 2. The maximum atomic E-state index is 11.8. The van der Waals surface area contributed by atoms with Gasteiger partial charge in [0.2, 0.25) is 5.91 Å². The van der Waals surface area contributed by atoms with Crippen molar-refractivity contribution in [3.8, 4) is 0 Å². The van der Waals surface area contributed by atoms with Gasteiger partial charge in [0.1, 0.15) is 0 Å². The average Bonchev–Trinajstić information content (AvgIpc) is 2.34. The molecule has 0 aliphatic heterocycles. The fourth-order valence-corrected chi connectivity index (χ4v) is 2.34. The van der Waals surface area contributed by atoms with Gasteiger partial charge in [0.15, 0.2) is 0 Å². The molecule has 0 spiro atoms. The van der Waals surface area contributed by atoms with Gasteiger partial charge in [-0.25, -0.2) is 0 Å². The summed E-state index contributed by atoms with van der Waals surface area (Å²) < 4.78 is 0. The van der Waals surface area contributed by atoms with Crippen molar-refractivity contribution in [1.29, 1.82) is 0 Å². The minimum absolute atomic E-state index is 0.205. The number of hydrogen-bond acceptors (Lipinski definition) is 2. The SMILES string of the molecule is CCCCC(C)NC(=O)CCC(CCC)CCN. The molecule has 3 nitrogen and oxygen atoms in total. The summed E-state index contributed by atoms with van der Waals surface area (Å²) in [5.41, 5.74) is 5.60. The first kappa shape index (κ1) is 17.4. The Kier molecular flexibility index (Phi) is 11.2. The van der Waals surface area contributed by atoms with Gasteiger partial charge in [0, 0.05) is 12.5 Å². The van der Waals surface area contributed by atoms with Gasteiger partial charge in [0.05, 0.1) is 0 Å². The lowest BCUT2D eigenvalue weighted by molar-refractivity contribution is -0.122. The first-order valence-electron chi connectivity index (χ1n) is 7.63. The first-order valence-corrected chi connectivity index (χ1v) is 7.63. The average molecular weight is 256 g/mol. The molecule has 0 aliphatic carbocycles. The molecular weight excluding hydrogens is 224 g/mol. The fraction of sp³-hybridized carbons (Fsp3) is 0.933. The molecule has 0 aromatic rings. The van der Waals surface area contributed by atoms with E-state index in [4.69, 9.17) is 5.73 Å². The summed E-state index contributed by atoms with van der Waals surface area (Å²) in [6.45, 7) is 7.20. The number of carbonyl (C=O) groups excluding carboxylic acids is 1. The minimum atomic E-state index is 0.205. The zero-order valence-electron chi connectivity index (χ0n) is 12.5. The zero-order chi connectivity index (χ0) is 13.8. The Morgan fingerprint density at radius 1 is 1.11 bits per heavy atom. The summed E-state index contributed by atoms with van der Waals surface area (Å²) in [6.07, 6.45) is 8.52. The normalized spacial score (nSPS) is 14.2. The number of rotatable bonds is 11. The van der Waals surface area contributed by atoms with Crippen LogP contribution in [0.3, 0.4) is 0 Å². The third-order valence-electron chi connectivity index (χ3n) is 3.45. The van der Waals surface area contributed by atoms with Crippen LogP contribution in [0.4, 0.5) is 0 Å². The molecule has 0 aromatic carbocycles. The molecule has 0 bridgehead atoms. The maximum Gasteiger partial charge on any atom is 0.220 e. The van der Waals surface area contributed by atoms with E-state index in [1.807, 2.05) is 0 Å². The highest BCUT2D eigenvalue weighted by molar-refractivity contribution is 5.76. The monoisotopic (exact) mass is 256 g/mol. The van der Waals surface area contributed by atoms with Crippen LogP contribution in [-0.2, 0) is 4.79 Å². The molecule has 0 rings (SSSR count). The van der Waals surface area contributed by atoms with Crippen molar-refractivity contribution < 1.29 is 4.79 Å². The summed E-state index contributed by atoms with van der Waals surface area (Å²) >= 11 is 0. The van der Waals surface area contributed by atoms with Crippen LogP contribution < -0.4 is 11.1 Å². The summed E-state index contributed by atoms with van der Waals surface area (Å²) in [5.74, 6) is 0.827. The molecule has 0 aliphatic rings. The van der Waals surface area contributed by atoms with Gasteiger partial charge < -0.3 is 11.1 Å². The number of nitrogens with one attached hydrogen (secondary N) is 1. The third kappa shape index (κ3) is 9.46. The topological polar surface area (TPSA) is 55.1 Å². The van der Waals surface area contributed by atoms with Crippen molar-refractivity contribution in [3.05, 3.63) is 0 Å². The van der Waals surface area contributed by atoms with E-state index < -0.39 is 0 Å². The van der Waals surface area contributed by atoms with Crippen molar-refractivity contribution in [2.45, 2.75) is 78.2 Å². The molecular formula is C15H32N2O. The van der Waals surface area contributed by atoms with Crippen LogP contribution >= 0.6 is 0 Å². The number of amides is 1. The van der Waals surface area contributed by atoms with Gasteiger partial charge in [-0.2, -0.15) is 0 Å². The molecule has 0 saturated carbocycles. The largest absolute Gasteiger partial charge is 0.354 e. The Labute approximate surface area is 113 Å². The summed E-state index contributed by atoms with van der Waals surface area (Å²) in [4.78, 5) is 11.8. The number of nitrogens with two attached hydrogens (primary N) is 1. The predicted octanol–water partition coefficient (Wildman–Crippen LogP) is 3.23. The Bertz CT molecular complexity index is 201. The Morgan fingerprint density at radius 3 is 2.39 bits per heavy atom. The lowest BCUT2D eigenvalue weighted by Gasteiger charge is -2.17. The Balaban J connectivity index is 3.78. The molecule has 1 amide bonds. The van der Waals surface area contributed by atoms with Gasteiger partial charge in [-0.3, -0.25) is 4.79 Å². The van der Waals surface area contributed by atoms with Gasteiger partial charge >= 0.3 is 0 Å². The predicted molar refractivity (Wildman–Crippen MR) is 78.4 cm³/mol. The Morgan fingerprint density at radius 2 is 1.83 bits per heavy atom. The molecule has 0 heterocycles. The Hall–Kier alpha value is -0.570. The third-order valence-corrected chi connectivity index (χ3v) is 3.45. The second kappa shape index (κ2) is 11.5. The van der Waals surface area contributed by atoms with Crippen molar-refractivity contribution in [2.24, 2.45) is 11.7 Å². The smallest absolute Gasteiger partial charge is 0.220 e. The molecule has 3 N–H and O–H groups in total. The maximum absolute atomic E-state index is 11.8. The van der Waals surface area contributed by atoms with Gasteiger partial charge in [-0.05, 0) is 38.6 Å². The molecule has 0 fully saturated rings. The summed E-state index contributed by atoms with van der Waals surface area (Å²) in [7, 11) is 0. The van der Waals surface area contributed by atoms with Gasteiger partial charge in [0.25, 0.3) is 0 Å². The second-order valence-corrected chi connectivity index (χ2v) is 5.38. The van der Waals surface area contributed by atoms with E-state index >= 15 is 0 Å². The molecule has 108 valence electrons. The van der Waals surface area contributed by atoms with Crippen LogP contribution in [0.25, 0.3) is 0 Å². The van der Waals surface area contributed by atoms with Crippen LogP contribution in [0.2, 0.25) is 0 Å². The van der Waals surface area contributed by atoms with Crippen LogP contribution in [0, 0.1) is 5.92 Å². The molecule has 2 atom stereocenters. The van der Waals surface area contributed by atoms with E-state index in [1.54, 1.807) is 0 Å². The number of unbranched alkanes of at least 4 members (excludes halogenated alkanes) is 1. The highest BCUT2D eigenvalue weighted by atomic mass is 16.1. The molecule has 3 heteroatoms. The van der Waals surface area contributed by atoms with E-state index in [9.17, 15) is 4.79 Å². The van der Waals surface area contributed by atoms with E-state index in [0.717, 1.165) is 25.8 Å². The van der Waals surface area contributed by atoms with Gasteiger partial charge in [-0.15, -0.1) is 0 Å². The van der Waals surface area contributed by atoms with Crippen LogP contribution in [0.1, 0.15) is 72.1 Å². The van der Waals surface area contributed by atoms with E-state index in [1.165, 1.54) is 25.7 Å². The standard InChI is InChI=1S/C15H32N2O/c1-4-6-8-13(3)17-15(18)10-9-14(7-5-2)11-12-16/h13-14H,4-12,16H2,1-3H3,(H,17,18). The number of carbonyl (C=O) groups is 1. The van der Waals surface area contributed by atoms with E-state index in [-0.39, 0.29) is 5.91 Å². The molecule has 2 unspecified atom stereocenters. The molecule has 18 heavy (non-hydrogen) atoms. The molecule has 0 radical (unpaired) electrons. The van der Waals surface area contributed by atoms with Crippen molar-refractivity contribution in [1.82, 2.24) is 5.32 Å². The summed E-state index contributed by atoms with van der Waals surface area (Å²) in [6, 6.07) is 0.316. The van der Waals surface area contributed by atoms with Crippen molar-refractivity contribution >= 4 is 5.91 Å². The molecule has 0 aromatic heterocycles. The van der Waals surface area contributed by atoms with E-state index in [0.29, 0.717) is 18.4 Å². The van der Waals surface area contributed by atoms with Gasteiger partial charge in [-0.1, -0.05) is 39.5 Å². The summed E-state index contributed by atoms with van der Waals surface area (Å²) in [5, 5.41) is 3.08. The first-order chi connectivity index (χ1) is 8.63. The van der Waals surface area contributed by atoms with Crippen molar-refractivity contribution in [3.63, 3.8) is 0 Å².